The van der Waals surface area contributed by atoms with Gasteiger partial charge in [0, 0.05) is 19.2 Å². The van der Waals surface area contributed by atoms with Crippen LogP contribution in [0.15, 0.2) is 27.8 Å². The Morgan fingerprint density at radius 2 is 1.88 bits per heavy atom. The maximum Gasteiger partial charge on any atom is 0.330 e. The Kier molecular flexibility index (Phi) is 5.38. The summed E-state index contributed by atoms with van der Waals surface area (Å²) in [5.41, 5.74) is -3.12. The van der Waals surface area contributed by atoms with Crippen molar-refractivity contribution in [3.8, 4) is 0 Å². The van der Waals surface area contributed by atoms with Crippen LogP contribution in [-0.4, -0.2) is 35.9 Å². The second kappa shape index (κ2) is 7.94. The molecule has 2 N–H and O–H groups in total. The summed E-state index contributed by atoms with van der Waals surface area (Å²) in [6.07, 6.45) is 1.49. The summed E-state index contributed by atoms with van der Waals surface area (Å²) in [7, 11) is 1.53. The van der Waals surface area contributed by atoms with Crippen LogP contribution in [-0.2, 0) is 30.5 Å². The number of hydrogen-bond acceptors (Lipinski definition) is 5. The molecular formula is C21H22F2N6O4. The van der Waals surface area contributed by atoms with E-state index >= 15 is 0 Å². The Balaban J connectivity index is 1.75. The molecule has 1 atom stereocenters. The van der Waals surface area contributed by atoms with E-state index < -0.39 is 40.4 Å². The van der Waals surface area contributed by atoms with E-state index in [0.29, 0.717) is 13.0 Å². The maximum atomic E-state index is 14.4. The number of halogens is 2. The highest BCUT2D eigenvalue weighted by molar-refractivity contribution is 6.07. The van der Waals surface area contributed by atoms with E-state index in [2.05, 4.69) is 15.3 Å². The molecule has 4 rings (SSSR count). The Hall–Kier alpha value is -3.83. The summed E-state index contributed by atoms with van der Waals surface area (Å²) in [4.78, 5) is 58.0. The molecule has 0 radical (unpaired) electrons. The standard InChI is InChI=1S/C21H22F2N6O4/c1-4-5-8-28-16-15(17(30)25-19(28)32)27(3)14(24-16)10-29-18(31)21(2,26-20(29)33)12-9-11(22)6-7-13(12)23/h6-7,9H,4-5,8,10H2,1-3H3,(H,26,33)(H,25,30,32). The topological polar surface area (TPSA) is 122 Å². The fourth-order valence-electron chi connectivity index (χ4n) is 4.00. The van der Waals surface area contributed by atoms with Gasteiger partial charge in [-0.25, -0.2) is 23.4 Å². The summed E-state index contributed by atoms with van der Waals surface area (Å²) < 4.78 is 30.8. The van der Waals surface area contributed by atoms with Gasteiger partial charge in [-0.2, -0.15) is 0 Å². The lowest BCUT2D eigenvalue weighted by atomic mass is 9.91. The lowest BCUT2D eigenvalue weighted by molar-refractivity contribution is -0.131. The lowest BCUT2D eigenvalue weighted by Gasteiger charge is -2.22. The van der Waals surface area contributed by atoms with Gasteiger partial charge in [0.2, 0.25) is 0 Å². The summed E-state index contributed by atoms with van der Waals surface area (Å²) in [5, 5.41) is 2.42. The number of aryl methyl sites for hydroxylation is 2. The third-order valence-electron chi connectivity index (χ3n) is 5.88. The molecule has 2 aromatic heterocycles. The molecule has 3 aromatic rings. The summed E-state index contributed by atoms with van der Waals surface area (Å²) in [6, 6.07) is 1.83. The van der Waals surface area contributed by atoms with Gasteiger partial charge in [-0.3, -0.25) is 24.0 Å². The number of H-pyrrole nitrogens is 1. The molecule has 33 heavy (non-hydrogen) atoms. The minimum absolute atomic E-state index is 0.117. The molecule has 1 fully saturated rings. The molecule has 12 heteroatoms. The van der Waals surface area contributed by atoms with Crippen LogP contribution in [0.2, 0.25) is 0 Å². The molecule has 1 aliphatic rings. The third kappa shape index (κ3) is 3.51. The fourth-order valence-corrected chi connectivity index (χ4v) is 4.00. The minimum Gasteiger partial charge on any atom is -0.324 e. The van der Waals surface area contributed by atoms with Crippen molar-refractivity contribution in [2.45, 2.75) is 45.3 Å². The Bertz CT molecular complexity index is 1410. The number of nitrogens with zero attached hydrogens (tertiary/aromatic N) is 4. The van der Waals surface area contributed by atoms with Crippen LogP contribution in [0.25, 0.3) is 11.2 Å². The number of fused-ring (bicyclic) bond motifs is 1. The third-order valence-corrected chi connectivity index (χ3v) is 5.88. The number of urea groups is 1. The average Bonchev–Trinajstić information content (AvgIpc) is 3.19. The number of imidazole rings is 1. The first kappa shape index (κ1) is 22.4. The number of nitrogens with one attached hydrogen (secondary N) is 2. The van der Waals surface area contributed by atoms with Crippen LogP contribution in [0.4, 0.5) is 13.6 Å². The first-order chi connectivity index (χ1) is 15.6. The Labute approximate surface area is 185 Å². The van der Waals surface area contributed by atoms with E-state index in [1.54, 1.807) is 0 Å². The van der Waals surface area contributed by atoms with Crippen LogP contribution in [0.5, 0.6) is 0 Å². The van der Waals surface area contributed by atoms with Gasteiger partial charge in [0.15, 0.2) is 11.2 Å². The highest BCUT2D eigenvalue weighted by Crippen LogP contribution is 2.32. The second-order valence-corrected chi connectivity index (χ2v) is 8.09. The molecule has 174 valence electrons. The number of imide groups is 1. The van der Waals surface area contributed by atoms with Crippen molar-refractivity contribution >= 4 is 23.1 Å². The minimum atomic E-state index is -1.82. The summed E-state index contributed by atoms with van der Waals surface area (Å²) >= 11 is 0. The molecule has 1 aromatic carbocycles. The fraction of sp³-hybridized carbons (Fsp3) is 0.381. The van der Waals surface area contributed by atoms with Crippen molar-refractivity contribution in [3.05, 3.63) is 62.1 Å². The molecule has 10 nitrogen and oxygen atoms in total. The molecule has 3 heterocycles. The molecular weight excluding hydrogens is 438 g/mol. The molecule has 0 spiro atoms. The lowest BCUT2D eigenvalue weighted by Crippen LogP contribution is -2.41. The van der Waals surface area contributed by atoms with Crippen molar-refractivity contribution in [2.75, 3.05) is 0 Å². The molecule has 1 aliphatic heterocycles. The van der Waals surface area contributed by atoms with Crippen LogP contribution in [0.3, 0.4) is 0 Å². The van der Waals surface area contributed by atoms with E-state index in [1.165, 1.54) is 23.1 Å². The number of carbonyl (C=O) groups excluding carboxylic acids is 2. The number of hydrogen-bond donors (Lipinski definition) is 2. The van der Waals surface area contributed by atoms with Crippen LogP contribution < -0.4 is 16.6 Å². The number of benzene rings is 1. The quantitative estimate of drug-likeness (QED) is 0.540. The van der Waals surface area contributed by atoms with Gasteiger partial charge in [0.05, 0.1) is 6.54 Å². The van der Waals surface area contributed by atoms with Crippen molar-refractivity contribution in [1.82, 2.24) is 29.3 Å². The first-order valence-corrected chi connectivity index (χ1v) is 10.4. The molecule has 0 saturated carbocycles. The largest absolute Gasteiger partial charge is 0.330 e. The van der Waals surface area contributed by atoms with Gasteiger partial charge < -0.3 is 9.88 Å². The van der Waals surface area contributed by atoms with Gasteiger partial charge in [-0.15, -0.1) is 0 Å². The monoisotopic (exact) mass is 460 g/mol. The zero-order valence-electron chi connectivity index (χ0n) is 18.2. The van der Waals surface area contributed by atoms with Crippen LogP contribution >= 0.6 is 0 Å². The van der Waals surface area contributed by atoms with Crippen molar-refractivity contribution < 1.29 is 18.4 Å². The number of aromatic nitrogens is 4. The summed E-state index contributed by atoms with van der Waals surface area (Å²) in [6.45, 7) is 3.23. The van der Waals surface area contributed by atoms with E-state index in [1.807, 2.05) is 6.92 Å². The van der Waals surface area contributed by atoms with Gasteiger partial charge in [0.1, 0.15) is 23.0 Å². The predicted octanol–water partition coefficient (Wildman–Crippen LogP) is 1.47. The Morgan fingerprint density at radius 3 is 2.58 bits per heavy atom. The molecule has 1 saturated heterocycles. The molecule has 3 amide bonds. The van der Waals surface area contributed by atoms with Gasteiger partial charge in [-0.1, -0.05) is 13.3 Å². The number of amides is 3. The van der Waals surface area contributed by atoms with Crippen LogP contribution in [0, 0.1) is 11.6 Å². The highest BCUT2D eigenvalue weighted by atomic mass is 19.1. The molecule has 0 aliphatic carbocycles. The normalized spacial score (nSPS) is 18.4. The Morgan fingerprint density at radius 1 is 1.15 bits per heavy atom. The highest BCUT2D eigenvalue weighted by Gasteiger charge is 2.50. The number of unbranched alkanes of at least 4 members (excludes halogenated alkanes) is 1. The van der Waals surface area contributed by atoms with Crippen LogP contribution in [0.1, 0.15) is 38.1 Å². The number of carbonyl (C=O) groups is 2. The van der Waals surface area contributed by atoms with E-state index in [9.17, 15) is 28.0 Å². The molecule has 1 unspecified atom stereocenters. The maximum absolute atomic E-state index is 14.4. The van der Waals surface area contributed by atoms with Crippen molar-refractivity contribution in [1.29, 1.82) is 0 Å². The smallest absolute Gasteiger partial charge is 0.324 e. The van der Waals surface area contributed by atoms with Gasteiger partial charge in [0.25, 0.3) is 11.5 Å². The predicted molar refractivity (Wildman–Crippen MR) is 113 cm³/mol. The first-order valence-electron chi connectivity index (χ1n) is 10.4. The average molecular weight is 460 g/mol. The van der Waals surface area contributed by atoms with Crippen molar-refractivity contribution in [3.63, 3.8) is 0 Å². The molecule has 0 bridgehead atoms. The number of aromatic amines is 1. The SMILES string of the molecule is CCCCn1c(=O)[nH]c(=O)c2c1nc(CN1C(=O)NC(C)(c3cc(F)ccc3F)C1=O)n2C. The summed E-state index contributed by atoms with van der Waals surface area (Å²) in [5.74, 6) is -2.24. The number of rotatable bonds is 6. The van der Waals surface area contributed by atoms with E-state index in [4.69, 9.17) is 0 Å². The second-order valence-electron chi connectivity index (χ2n) is 8.09. The van der Waals surface area contributed by atoms with Gasteiger partial charge in [-0.05, 0) is 31.5 Å². The van der Waals surface area contributed by atoms with Crippen molar-refractivity contribution in [2.24, 2.45) is 7.05 Å². The zero-order chi connectivity index (χ0) is 24.1. The van der Waals surface area contributed by atoms with E-state index in [-0.39, 0.29) is 29.1 Å². The zero-order valence-corrected chi connectivity index (χ0v) is 18.2. The van der Waals surface area contributed by atoms with E-state index in [0.717, 1.165) is 29.5 Å². The van der Waals surface area contributed by atoms with Gasteiger partial charge >= 0.3 is 11.7 Å².